The number of rotatable bonds is 9. The van der Waals surface area contributed by atoms with E-state index in [4.69, 9.17) is 4.98 Å². The van der Waals surface area contributed by atoms with Gasteiger partial charge in [0.2, 0.25) is 0 Å². The van der Waals surface area contributed by atoms with Crippen LogP contribution in [0.1, 0.15) is 103 Å². The molecule has 0 aliphatic heterocycles. The molecule has 4 aliphatic rings. The summed E-state index contributed by atoms with van der Waals surface area (Å²) < 4.78 is 0. The number of aliphatic hydroxyl groups is 3. The molecule has 4 aliphatic carbocycles. The molecule has 1 aromatic heterocycles. The maximum Gasteiger partial charge on any atom is 0.0832 e. The van der Waals surface area contributed by atoms with Gasteiger partial charge in [0.1, 0.15) is 0 Å². The highest BCUT2D eigenvalue weighted by molar-refractivity contribution is 5.39. The van der Waals surface area contributed by atoms with Crippen LogP contribution in [0.5, 0.6) is 0 Å². The van der Waals surface area contributed by atoms with E-state index in [2.05, 4.69) is 63.8 Å². The average molecular weight is 546 g/mol. The Morgan fingerprint density at radius 2 is 1.93 bits per heavy atom. The van der Waals surface area contributed by atoms with E-state index < -0.39 is 18.3 Å². The monoisotopic (exact) mass is 545 g/mol. The molecule has 5 rings (SSSR count). The van der Waals surface area contributed by atoms with E-state index in [0.29, 0.717) is 30.6 Å². The quantitative estimate of drug-likeness (QED) is 0.288. The molecule has 40 heavy (non-hydrogen) atoms. The van der Waals surface area contributed by atoms with E-state index >= 15 is 0 Å². The van der Waals surface area contributed by atoms with E-state index in [1.54, 1.807) is 0 Å². The molecule has 218 valence electrons. The van der Waals surface area contributed by atoms with Crippen molar-refractivity contribution in [3.05, 3.63) is 77.2 Å². The van der Waals surface area contributed by atoms with Gasteiger partial charge in [0.15, 0.2) is 0 Å². The Bertz CT molecular complexity index is 1140. The van der Waals surface area contributed by atoms with Crippen LogP contribution in [0.3, 0.4) is 0 Å². The molecule has 4 heteroatoms. The second kappa shape index (κ2) is 12.1. The lowest BCUT2D eigenvalue weighted by atomic mass is 9.61. The Labute approximate surface area is 242 Å². The molecule has 0 bridgehead atoms. The number of fused-ring (bicyclic) bond motifs is 1. The number of nitrogens with zero attached hydrogens (tertiary/aromatic N) is 1. The van der Waals surface area contributed by atoms with Crippen LogP contribution in [-0.2, 0) is 11.8 Å². The minimum atomic E-state index is -0.639. The fourth-order valence-electron chi connectivity index (χ4n) is 8.29. The van der Waals surface area contributed by atoms with Gasteiger partial charge >= 0.3 is 0 Å². The first-order valence-corrected chi connectivity index (χ1v) is 15.9. The van der Waals surface area contributed by atoms with Crippen LogP contribution in [0.4, 0.5) is 0 Å². The first-order valence-electron chi connectivity index (χ1n) is 15.9. The molecule has 0 aromatic carbocycles. The van der Waals surface area contributed by atoms with Crippen molar-refractivity contribution < 1.29 is 15.3 Å². The summed E-state index contributed by atoms with van der Waals surface area (Å²) in [5.74, 6) is 1.57. The van der Waals surface area contributed by atoms with Crippen LogP contribution in [0.25, 0.3) is 0 Å². The summed E-state index contributed by atoms with van der Waals surface area (Å²) in [6.45, 7) is 11.1. The van der Waals surface area contributed by atoms with E-state index in [1.807, 2.05) is 6.20 Å². The molecule has 4 fully saturated rings. The second-order valence-electron chi connectivity index (χ2n) is 13.7. The highest BCUT2D eigenvalue weighted by Gasteiger charge is 2.52. The number of aliphatic hydroxyl groups excluding tert-OH is 3. The lowest BCUT2D eigenvalue weighted by molar-refractivity contribution is 0.0862. The fourth-order valence-corrected chi connectivity index (χ4v) is 8.29. The molecule has 0 radical (unpaired) electrons. The minimum absolute atomic E-state index is 0.208. The van der Waals surface area contributed by atoms with Crippen molar-refractivity contribution in [2.24, 2.45) is 23.2 Å². The molecule has 3 N–H and O–H groups in total. The maximum absolute atomic E-state index is 11.3. The first kappa shape index (κ1) is 29.5. The van der Waals surface area contributed by atoms with Crippen molar-refractivity contribution in [2.45, 2.75) is 122 Å². The molecular formula is C36H51NO3. The van der Waals surface area contributed by atoms with Gasteiger partial charge in [-0.15, -0.1) is 0 Å². The highest BCUT2D eigenvalue weighted by atomic mass is 16.3. The average Bonchev–Trinajstić information content (AvgIpc) is 3.67. The van der Waals surface area contributed by atoms with E-state index in [1.165, 1.54) is 49.7 Å². The number of allylic oxidation sites excluding steroid dienone is 4. The Balaban J connectivity index is 1.25. The molecular weight excluding hydrogens is 494 g/mol. The SMILES string of the molecule is C=C1/C(=C\C=C2/CCC[C@]3(C)[C@@H]([C@H](C)/C=C/[C@@H](O)C4(c5ccc(CCCC)cn5)CC4)CC[C@@H]23)C[C@@H](O)C[C@@H]1O. The number of hydrogen-bond donors (Lipinski definition) is 3. The van der Waals surface area contributed by atoms with Gasteiger partial charge in [-0.05, 0) is 110 Å². The van der Waals surface area contributed by atoms with E-state index in [0.717, 1.165) is 42.5 Å². The van der Waals surface area contributed by atoms with Gasteiger partial charge < -0.3 is 15.3 Å². The number of aryl methyl sites for hydroxylation is 1. The molecule has 0 unspecified atom stereocenters. The van der Waals surface area contributed by atoms with Crippen molar-refractivity contribution in [1.29, 1.82) is 0 Å². The molecule has 1 aromatic rings. The molecule has 0 amide bonds. The number of unbranched alkanes of at least 4 members (excludes halogenated alkanes) is 1. The molecule has 1 heterocycles. The summed E-state index contributed by atoms with van der Waals surface area (Å²) >= 11 is 0. The molecule has 0 spiro atoms. The lowest BCUT2D eigenvalue weighted by Gasteiger charge is -2.44. The van der Waals surface area contributed by atoms with Crippen LogP contribution in [0, 0.1) is 23.2 Å². The third-order valence-electron chi connectivity index (χ3n) is 11.0. The van der Waals surface area contributed by atoms with Gasteiger partial charge in [-0.25, -0.2) is 0 Å². The summed E-state index contributed by atoms with van der Waals surface area (Å²) in [7, 11) is 0. The van der Waals surface area contributed by atoms with Gasteiger partial charge in [0.25, 0.3) is 0 Å². The smallest absolute Gasteiger partial charge is 0.0832 e. The zero-order valence-electron chi connectivity index (χ0n) is 25.0. The number of pyridine rings is 1. The zero-order valence-corrected chi connectivity index (χ0v) is 25.0. The summed E-state index contributed by atoms with van der Waals surface area (Å²) in [6.07, 6.45) is 21.6. The summed E-state index contributed by atoms with van der Waals surface area (Å²) in [6, 6.07) is 4.35. The second-order valence-corrected chi connectivity index (χ2v) is 13.7. The van der Waals surface area contributed by atoms with Gasteiger partial charge in [-0.2, -0.15) is 0 Å². The highest BCUT2D eigenvalue weighted by Crippen LogP contribution is 2.60. The normalized spacial score (nSPS) is 35.3. The number of aromatic nitrogens is 1. The summed E-state index contributed by atoms with van der Waals surface area (Å²) in [5, 5.41) is 31.7. The Kier molecular flexibility index (Phi) is 8.90. The zero-order chi connectivity index (χ0) is 28.5. The van der Waals surface area contributed by atoms with Crippen LogP contribution in [0.15, 0.2) is 65.9 Å². The van der Waals surface area contributed by atoms with Crippen LogP contribution >= 0.6 is 0 Å². The minimum Gasteiger partial charge on any atom is -0.393 e. The summed E-state index contributed by atoms with van der Waals surface area (Å²) in [5.41, 5.74) is 5.66. The van der Waals surface area contributed by atoms with E-state index in [9.17, 15) is 15.3 Å². The van der Waals surface area contributed by atoms with Crippen LogP contribution in [0.2, 0.25) is 0 Å². The van der Waals surface area contributed by atoms with Crippen molar-refractivity contribution >= 4 is 0 Å². The molecule has 4 nitrogen and oxygen atoms in total. The van der Waals surface area contributed by atoms with Crippen LogP contribution in [-0.4, -0.2) is 38.6 Å². The van der Waals surface area contributed by atoms with Gasteiger partial charge in [0, 0.05) is 23.7 Å². The summed E-state index contributed by atoms with van der Waals surface area (Å²) in [4.78, 5) is 4.79. The number of hydrogen-bond acceptors (Lipinski definition) is 4. The topological polar surface area (TPSA) is 73.6 Å². The Morgan fingerprint density at radius 3 is 2.62 bits per heavy atom. The fraction of sp³-hybridized carbons (Fsp3) is 0.639. The van der Waals surface area contributed by atoms with Crippen molar-refractivity contribution in [3.8, 4) is 0 Å². The van der Waals surface area contributed by atoms with Gasteiger partial charge in [-0.1, -0.05) is 69.7 Å². The predicted molar refractivity (Wildman–Crippen MR) is 163 cm³/mol. The Hall–Kier alpha value is -2.01. The lowest BCUT2D eigenvalue weighted by Crippen LogP contribution is -2.35. The van der Waals surface area contributed by atoms with Crippen molar-refractivity contribution in [1.82, 2.24) is 4.98 Å². The molecule has 7 atom stereocenters. The van der Waals surface area contributed by atoms with E-state index in [-0.39, 0.29) is 10.8 Å². The van der Waals surface area contributed by atoms with Crippen molar-refractivity contribution in [2.75, 3.05) is 0 Å². The third-order valence-corrected chi connectivity index (χ3v) is 11.0. The first-order chi connectivity index (χ1) is 19.2. The molecule has 0 saturated heterocycles. The third kappa shape index (κ3) is 5.82. The van der Waals surface area contributed by atoms with Crippen LogP contribution < -0.4 is 0 Å². The maximum atomic E-state index is 11.3. The predicted octanol–water partition coefficient (Wildman–Crippen LogP) is 7.15. The molecule has 4 saturated carbocycles. The standard InChI is InChI=1S/C36H51NO3/c1-5-6-8-26-11-16-33(37-23-26)36(19-20-36)34(40)17-10-24(2)30-14-15-31-27(9-7-18-35(30,31)4)12-13-28-21-29(38)22-32(39)25(28)3/h10-13,16-17,23-24,29-32,34,38-40H,3,5-9,14-15,18-22H2,1-2,4H3/b17-10+,27-12+,28-13-/t24-,29-,30-,31+,32+,34-,35-/m1/s1. The van der Waals surface area contributed by atoms with Gasteiger partial charge in [0.05, 0.1) is 18.3 Å². The van der Waals surface area contributed by atoms with Gasteiger partial charge in [-0.3, -0.25) is 4.98 Å². The van der Waals surface area contributed by atoms with Crippen molar-refractivity contribution in [3.63, 3.8) is 0 Å². The Morgan fingerprint density at radius 1 is 1.12 bits per heavy atom. The largest absolute Gasteiger partial charge is 0.393 e.